The highest BCUT2D eigenvalue weighted by atomic mass is 15.3. The summed E-state index contributed by atoms with van der Waals surface area (Å²) in [5, 5.41) is 0. The van der Waals surface area contributed by atoms with Gasteiger partial charge in [-0.1, -0.05) is 0 Å². The summed E-state index contributed by atoms with van der Waals surface area (Å²) in [5.74, 6) is 1.03. The van der Waals surface area contributed by atoms with E-state index in [9.17, 15) is 0 Å². The predicted octanol–water partition coefficient (Wildman–Crippen LogP) is 1.74. The molecule has 3 saturated carbocycles. The Labute approximate surface area is 86.8 Å². The summed E-state index contributed by atoms with van der Waals surface area (Å²) in [6.07, 6.45) is 9.97. The lowest BCUT2D eigenvalue weighted by Gasteiger charge is -2.50. The van der Waals surface area contributed by atoms with Crippen molar-refractivity contribution in [3.05, 3.63) is 0 Å². The highest BCUT2D eigenvalue weighted by molar-refractivity contribution is 5.05. The third kappa shape index (κ3) is 1.49. The van der Waals surface area contributed by atoms with Crippen LogP contribution in [0.3, 0.4) is 0 Å². The second kappa shape index (κ2) is 3.21. The van der Waals surface area contributed by atoms with Crippen LogP contribution in [0.1, 0.15) is 44.9 Å². The van der Waals surface area contributed by atoms with Gasteiger partial charge >= 0.3 is 0 Å². The van der Waals surface area contributed by atoms with Gasteiger partial charge in [-0.15, -0.1) is 0 Å². The summed E-state index contributed by atoms with van der Waals surface area (Å²) < 4.78 is 0. The van der Waals surface area contributed by atoms with Gasteiger partial charge < -0.3 is 5.73 Å². The van der Waals surface area contributed by atoms with Gasteiger partial charge in [0, 0.05) is 24.7 Å². The highest BCUT2D eigenvalue weighted by Crippen LogP contribution is 2.45. The van der Waals surface area contributed by atoms with Crippen molar-refractivity contribution in [2.45, 2.75) is 56.5 Å². The first-order valence-corrected chi connectivity index (χ1v) is 6.31. The van der Waals surface area contributed by atoms with E-state index < -0.39 is 0 Å². The van der Waals surface area contributed by atoms with E-state index in [0.29, 0.717) is 5.54 Å². The first-order valence-electron chi connectivity index (χ1n) is 6.31. The van der Waals surface area contributed by atoms with Crippen LogP contribution in [0.15, 0.2) is 0 Å². The van der Waals surface area contributed by atoms with E-state index in [1.807, 2.05) is 0 Å². The van der Waals surface area contributed by atoms with Gasteiger partial charge in [0.15, 0.2) is 0 Å². The molecule has 2 heteroatoms. The molecule has 0 amide bonds. The van der Waals surface area contributed by atoms with Crippen LogP contribution >= 0.6 is 0 Å². The Bertz CT molecular complexity index is 209. The van der Waals surface area contributed by atoms with Crippen LogP contribution in [-0.4, -0.2) is 29.6 Å². The normalized spacial score (nSPS) is 30.4. The molecule has 0 heterocycles. The van der Waals surface area contributed by atoms with Gasteiger partial charge in [0.25, 0.3) is 0 Å². The van der Waals surface area contributed by atoms with Gasteiger partial charge in [0.2, 0.25) is 0 Å². The molecule has 0 radical (unpaired) electrons. The number of hydrogen-bond acceptors (Lipinski definition) is 2. The van der Waals surface area contributed by atoms with Crippen LogP contribution in [-0.2, 0) is 0 Å². The Balaban J connectivity index is 1.68. The topological polar surface area (TPSA) is 29.3 Å². The molecule has 3 rings (SSSR count). The van der Waals surface area contributed by atoms with Gasteiger partial charge in [-0.2, -0.15) is 0 Å². The minimum Gasteiger partial charge on any atom is -0.329 e. The lowest BCUT2D eigenvalue weighted by Crippen LogP contribution is -2.59. The smallest absolute Gasteiger partial charge is 0.0334 e. The second-order valence-electron chi connectivity index (χ2n) is 5.61. The Kier molecular flexibility index (Phi) is 2.10. The average molecular weight is 194 g/mol. The molecule has 0 aromatic heterocycles. The zero-order chi connectivity index (χ0) is 9.60. The maximum absolute atomic E-state index is 5.99. The molecule has 3 aliphatic carbocycles. The summed E-state index contributed by atoms with van der Waals surface area (Å²) in [6.45, 7) is 2.26. The van der Waals surface area contributed by atoms with E-state index in [2.05, 4.69) is 4.90 Å². The van der Waals surface area contributed by atoms with E-state index in [0.717, 1.165) is 18.5 Å². The Morgan fingerprint density at radius 1 is 1.14 bits per heavy atom. The van der Waals surface area contributed by atoms with Crippen molar-refractivity contribution in [3.8, 4) is 0 Å². The van der Waals surface area contributed by atoms with Gasteiger partial charge in [-0.3, -0.25) is 4.90 Å². The fraction of sp³-hybridized carbons (Fsp3) is 1.00. The van der Waals surface area contributed by atoms with Crippen molar-refractivity contribution in [1.82, 2.24) is 4.90 Å². The first kappa shape index (κ1) is 9.17. The van der Waals surface area contributed by atoms with Crippen molar-refractivity contribution in [2.24, 2.45) is 11.7 Å². The van der Waals surface area contributed by atoms with Gasteiger partial charge in [-0.25, -0.2) is 0 Å². The van der Waals surface area contributed by atoms with Crippen molar-refractivity contribution < 1.29 is 0 Å². The van der Waals surface area contributed by atoms with Crippen LogP contribution < -0.4 is 5.73 Å². The van der Waals surface area contributed by atoms with Crippen molar-refractivity contribution >= 4 is 0 Å². The Morgan fingerprint density at radius 3 is 2.21 bits per heavy atom. The van der Waals surface area contributed by atoms with Gasteiger partial charge in [0.1, 0.15) is 0 Å². The highest BCUT2D eigenvalue weighted by Gasteiger charge is 2.48. The molecule has 2 nitrogen and oxygen atoms in total. The van der Waals surface area contributed by atoms with E-state index in [4.69, 9.17) is 5.73 Å². The molecule has 80 valence electrons. The minimum absolute atomic E-state index is 0.448. The fourth-order valence-electron chi connectivity index (χ4n) is 2.89. The van der Waals surface area contributed by atoms with E-state index in [1.165, 1.54) is 51.5 Å². The molecule has 0 aromatic carbocycles. The maximum Gasteiger partial charge on any atom is 0.0334 e. The summed E-state index contributed by atoms with van der Waals surface area (Å²) in [5.41, 5.74) is 6.44. The number of rotatable bonds is 5. The fourth-order valence-corrected chi connectivity index (χ4v) is 2.89. The largest absolute Gasteiger partial charge is 0.329 e. The molecule has 0 saturated heterocycles. The molecule has 0 aliphatic heterocycles. The molecule has 14 heavy (non-hydrogen) atoms. The third-order valence-corrected chi connectivity index (χ3v) is 4.41. The van der Waals surface area contributed by atoms with Crippen LogP contribution in [0.4, 0.5) is 0 Å². The quantitative estimate of drug-likeness (QED) is 0.722. The molecule has 3 aliphatic rings. The molecular formula is C12H22N2. The van der Waals surface area contributed by atoms with E-state index >= 15 is 0 Å². The average Bonchev–Trinajstić information content (AvgIpc) is 2.98. The van der Waals surface area contributed by atoms with Crippen LogP contribution in [0.25, 0.3) is 0 Å². The Morgan fingerprint density at radius 2 is 1.86 bits per heavy atom. The lowest BCUT2D eigenvalue weighted by atomic mass is 9.75. The SMILES string of the molecule is NCC1(N(CC2CC2)C2CC2)CCC1. The van der Waals surface area contributed by atoms with E-state index in [-0.39, 0.29) is 0 Å². The molecule has 0 bridgehead atoms. The molecular weight excluding hydrogens is 172 g/mol. The summed E-state index contributed by atoms with van der Waals surface area (Å²) in [4.78, 5) is 2.80. The van der Waals surface area contributed by atoms with Crippen LogP contribution in [0.5, 0.6) is 0 Å². The molecule has 3 fully saturated rings. The number of nitrogens with zero attached hydrogens (tertiary/aromatic N) is 1. The molecule has 0 spiro atoms. The van der Waals surface area contributed by atoms with Crippen LogP contribution in [0, 0.1) is 5.92 Å². The molecule has 0 aromatic rings. The molecule has 0 unspecified atom stereocenters. The number of nitrogens with two attached hydrogens (primary N) is 1. The summed E-state index contributed by atoms with van der Waals surface area (Å²) in [7, 11) is 0. The first-order chi connectivity index (χ1) is 6.84. The summed E-state index contributed by atoms with van der Waals surface area (Å²) in [6, 6.07) is 0.916. The van der Waals surface area contributed by atoms with Crippen LogP contribution in [0.2, 0.25) is 0 Å². The van der Waals surface area contributed by atoms with Crippen molar-refractivity contribution in [3.63, 3.8) is 0 Å². The van der Waals surface area contributed by atoms with Gasteiger partial charge in [0.05, 0.1) is 0 Å². The Hall–Kier alpha value is -0.0800. The van der Waals surface area contributed by atoms with Crippen molar-refractivity contribution in [1.29, 1.82) is 0 Å². The molecule has 2 N–H and O–H groups in total. The minimum atomic E-state index is 0.448. The third-order valence-electron chi connectivity index (χ3n) is 4.41. The predicted molar refractivity (Wildman–Crippen MR) is 58.1 cm³/mol. The standard InChI is InChI=1S/C12H22N2/c13-9-12(6-1-7-12)14(11-4-5-11)8-10-2-3-10/h10-11H,1-9,13H2. The lowest BCUT2D eigenvalue weighted by molar-refractivity contribution is 0.0123. The zero-order valence-electron chi connectivity index (χ0n) is 9.04. The zero-order valence-corrected chi connectivity index (χ0v) is 9.04. The molecule has 0 atom stereocenters. The summed E-state index contributed by atoms with van der Waals surface area (Å²) >= 11 is 0. The maximum atomic E-state index is 5.99. The van der Waals surface area contributed by atoms with E-state index in [1.54, 1.807) is 0 Å². The number of hydrogen-bond donors (Lipinski definition) is 1. The van der Waals surface area contributed by atoms with Gasteiger partial charge in [-0.05, 0) is 50.9 Å². The monoisotopic (exact) mass is 194 g/mol. The van der Waals surface area contributed by atoms with Crippen molar-refractivity contribution in [2.75, 3.05) is 13.1 Å². The second-order valence-corrected chi connectivity index (χ2v) is 5.61.